The minimum absolute atomic E-state index is 0.142. The largest absolute Gasteiger partial charge is 0.388 e. The number of aliphatic hydroxyl groups is 1. The highest BCUT2D eigenvalue weighted by molar-refractivity contribution is 5.44. The number of benzene rings is 1. The molecule has 0 amide bonds. The first-order valence-corrected chi connectivity index (χ1v) is 4.53. The summed E-state index contributed by atoms with van der Waals surface area (Å²) in [5, 5.41) is 12.5. The van der Waals surface area contributed by atoms with E-state index in [0.29, 0.717) is 18.9 Å². The monoisotopic (exact) mass is 197 g/mol. The molecular formula is C10H12FNO2. The summed E-state index contributed by atoms with van der Waals surface area (Å²) < 4.78 is 17.9. The van der Waals surface area contributed by atoms with Crippen molar-refractivity contribution < 1.29 is 14.2 Å². The highest BCUT2D eigenvalue weighted by Crippen LogP contribution is 2.15. The van der Waals surface area contributed by atoms with Crippen molar-refractivity contribution in [3.63, 3.8) is 0 Å². The summed E-state index contributed by atoms with van der Waals surface area (Å²) >= 11 is 0. The van der Waals surface area contributed by atoms with Crippen LogP contribution in [0.1, 0.15) is 0 Å². The van der Waals surface area contributed by atoms with E-state index < -0.39 is 6.10 Å². The second kappa shape index (κ2) is 3.94. The van der Waals surface area contributed by atoms with Crippen LogP contribution in [-0.2, 0) is 4.74 Å². The molecule has 1 fully saturated rings. The normalized spacial score (nSPS) is 26.4. The van der Waals surface area contributed by atoms with Gasteiger partial charge in [0.2, 0.25) is 0 Å². The van der Waals surface area contributed by atoms with Gasteiger partial charge < -0.3 is 15.2 Å². The molecule has 2 atom stereocenters. The van der Waals surface area contributed by atoms with Crippen molar-refractivity contribution in [1.29, 1.82) is 0 Å². The lowest BCUT2D eigenvalue weighted by molar-refractivity contribution is 0.125. The molecular weight excluding hydrogens is 185 g/mol. The van der Waals surface area contributed by atoms with E-state index in [1.807, 2.05) is 0 Å². The number of ether oxygens (including phenoxy) is 1. The first kappa shape index (κ1) is 9.43. The van der Waals surface area contributed by atoms with Gasteiger partial charge in [-0.05, 0) is 18.2 Å². The number of aliphatic hydroxyl groups excluding tert-OH is 1. The predicted molar refractivity (Wildman–Crippen MR) is 50.6 cm³/mol. The zero-order valence-electron chi connectivity index (χ0n) is 7.61. The fraction of sp³-hybridized carbons (Fsp3) is 0.400. The summed E-state index contributed by atoms with van der Waals surface area (Å²) in [7, 11) is 0. The Morgan fingerprint density at radius 1 is 1.43 bits per heavy atom. The van der Waals surface area contributed by atoms with Gasteiger partial charge in [-0.15, -0.1) is 0 Å². The summed E-state index contributed by atoms with van der Waals surface area (Å²) in [6.45, 7) is 0.796. The standard InChI is InChI=1S/C10H12FNO2/c11-7-2-1-3-8(4-7)12-9-5-14-6-10(9)13/h1-4,9-10,12-13H,5-6H2/t9-,10-/m1/s1. The Labute approximate surface area is 81.5 Å². The highest BCUT2D eigenvalue weighted by atomic mass is 19.1. The molecule has 0 bridgehead atoms. The summed E-state index contributed by atoms with van der Waals surface area (Å²) in [5.74, 6) is -0.289. The van der Waals surface area contributed by atoms with Gasteiger partial charge in [-0.3, -0.25) is 0 Å². The fourth-order valence-electron chi connectivity index (χ4n) is 1.47. The molecule has 2 N–H and O–H groups in total. The lowest BCUT2D eigenvalue weighted by Gasteiger charge is -2.15. The van der Waals surface area contributed by atoms with Crippen molar-refractivity contribution in [2.45, 2.75) is 12.1 Å². The van der Waals surface area contributed by atoms with Crippen molar-refractivity contribution >= 4 is 5.69 Å². The van der Waals surface area contributed by atoms with E-state index in [-0.39, 0.29) is 11.9 Å². The number of nitrogens with one attached hydrogen (secondary N) is 1. The minimum atomic E-state index is -0.515. The van der Waals surface area contributed by atoms with E-state index in [4.69, 9.17) is 4.74 Å². The number of rotatable bonds is 2. The molecule has 1 aromatic rings. The lowest BCUT2D eigenvalue weighted by Crippen LogP contribution is -2.31. The predicted octanol–water partition coefficient (Wildman–Crippen LogP) is 0.997. The summed E-state index contributed by atoms with van der Waals surface area (Å²) in [6.07, 6.45) is -0.515. The van der Waals surface area contributed by atoms with Crippen LogP contribution >= 0.6 is 0 Å². The van der Waals surface area contributed by atoms with Crippen molar-refractivity contribution in [3.05, 3.63) is 30.1 Å². The lowest BCUT2D eigenvalue weighted by atomic mass is 10.2. The SMILES string of the molecule is O[C@@H]1COC[C@H]1Nc1cccc(F)c1. The molecule has 14 heavy (non-hydrogen) atoms. The Kier molecular flexibility index (Phi) is 2.65. The van der Waals surface area contributed by atoms with Gasteiger partial charge >= 0.3 is 0 Å². The maximum absolute atomic E-state index is 12.8. The van der Waals surface area contributed by atoms with Crippen molar-refractivity contribution in [2.75, 3.05) is 18.5 Å². The number of hydrogen-bond acceptors (Lipinski definition) is 3. The summed E-state index contributed by atoms with van der Waals surface area (Å²) in [4.78, 5) is 0. The number of anilines is 1. The smallest absolute Gasteiger partial charge is 0.125 e. The first-order chi connectivity index (χ1) is 6.75. The molecule has 4 heteroatoms. The van der Waals surface area contributed by atoms with Crippen LogP contribution < -0.4 is 5.32 Å². The molecule has 0 spiro atoms. The second-order valence-corrected chi connectivity index (χ2v) is 3.37. The molecule has 0 radical (unpaired) electrons. The van der Waals surface area contributed by atoms with E-state index in [1.165, 1.54) is 12.1 Å². The Morgan fingerprint density at radius 3 is 2.93 bits per heavy atom. The van der Waals surface area contributed by atoms with Gasteiger partial charge in [0, 0.05) is 5.69 Å². The van der Waals surface area contributed by atoms with Crippen LogP contribution in [0.15, 0.2) is 24.3 Å². The third-order valence-electron chi connectivity index (χ3n) is 2.23. The third-order valence-corrected chi connectivity index (χ3v) is 2.23. The fourth-order valence-corrected chi connectivity index (χ4v) is 1.47. The quantitative estimate of drug-likeness (QED) is 0.743. The molecule has 1 aromatic carbocycles. The van der Waals surface area contributed by atoms with E-state index >= 15 is 0 Å². The average molecular weight is 197 g/mol. The molecule has 3 nitrogen and oxygen atoms in total. The van der Waals surface area contributed by atoms with Gasteiger partial charge in [0.05, 0.1) is 25.4 Å². The Morgan fingerprint density at radius 2 is 2.29 bits per heavy atom. The van der Waals surface area contributed by atoms with Crippen LogP contribution in [0.5, 0.6) is 0 Å². The highest BCUT2D eigenvalue weighted by Gasteiger charge is 2.25. The van der Waals surface area contributed by atoms with Crippen molar-refractivity contribution in [2.24, 2.45) is 0 Å². The van der Waals surface area contributed by atoms with Gasteiger partial charge in [0.1, 0.15) is 5.82 Å². The van der Waals surface area contributed by atoms with Crippen LogP contribution in [-0.4, -0.2) is 30.5 Å². The summed E-state index contributed by atoms with van der Waals surface area (Å²) in [6, 6.07) is 6.02. The second-order valence-electron chi connectivity index (χ2n) is 3.37. The van der Waals surface area contributed by atoms with Crippen LogP contribution in [0.3, 0.4) is 0 Å². The molecule has 1 heterocycles. The van der Waals surface area contributed by atoms with E-state index in [1.54, 1.807) is 12.1 Å². The topological polar surface area (TPSA) is 41.5 Å². The molecule has 1 aliphatic rings. The molecule has 76 valence electrons. The molecule has 0 aromatic heterocycles. The van der Waals surface area contributed by atoms with Gasteiger partial charge in [-0.1, -0.05) is 6.07 Å². The molecule has 0 aliphatic carbocycles. The van der Waals surface area contributed by atoms with Crippen molar-refractivity contribution in [1.82, 2.24) is 0 Å². The van der Waals surface area contributed by atoms with Gasteiger partial charge in [0.15, 0.2) is 0 Å². The number of halogens is 1. The van der Waals surface area contributed by atoms with E-state index in [0.717, 1.165) is 0 Å². The zero-order chi connectivity index (χ0) is 9.97. The Balaban J connectivity index is 2.03. The zero-order valence-corrected chi connectivity index (χ0v) is 7.61. The average Bonchev–Trinajstić information content (AvgIpc) is 2.52. The maximum Gasteiger partial charge on any atom is 0.125 e. The van der Waals surface area contributed by atoms with E-state index in [2.05, 4.69) is 5.32 Å². The van der Waals surface area contributed by atoms with Crippen LogP contribution in [0, 0.1) is 5.82 Å². The molecule has 2 rings (SSSR count). The van der Waals surface area contributed by atoms with Crippen LogP contribution in [0.25, 0.3) is 0 Å². The van der Waals surface area contributed by atoms with Gasteiger partial charge in [-0.2, -0.15) is 0 Å². The first-order valence-electron chi connectivity index (χ1n) is 4.53. The maximum atomic E-state index is 12.8. The molecule has 0 saturated carbocycles. The minimum Gasteiger partial charge on any atom is -0.388 e. The van der Waals surface area contributed by atoms with E-state index in [9.17, 15) is 9.50 Å². The van der Waals surface area contributed by atoms with Crippen LogP contribution in [0.4, 0.5) is 10.1 Å². The number of hydrogen-bond donors (Lipinski definition) is 2. The molecule has 1 aliphatic heterocycles. The van der Waals surface area contributed by atoms with Gasteiger partial charge in [0.25, 0.3) is 0 Å². The molecule has 1 saturated heterocycles. The summed E-state index contributed by atoms with van der Waals surface area (Å²) in [5.41, 5.74) is 0.666. The third kappa shape index (κ3) is 2.02. The Bertz CT molecular complexity index is 319. The van der Waals surface area contributed by atoms with Gasteiger partial charge in [-0.25, -0.2) is 4.39 Å². The Hall–Kier alpha value is -1.13. The van der Waals surface area contributed by atoms with Crippen LogP contribution in [0.2, 0.25) is 0 Å². The van der Waals surface area contributed by atoms with Crippen molar-refractivity contribution in [3.8, 4) is 0 Å². The molecule has 0 unspecified atom stereocenters.